The molecule has 0 bridgehead atoms. The summed E-state index contributed by atoms with van der Waals surface area (Å²) in [6.45, 7) is 3.90. The van der Waals surface area contributed by atoms with E-state index in [2.05, 4.69) is 28.1 Å². The molecule has 0 aromatic carbocycles. The maximum Gasteiger partial charge on any atom is 0.139 e. The van der Waals surface area contributed by atoms with Crippen molar-refractivity contribution in [2.24, 2.45) is 0 Å². The van der Waals surface area contributed by atoms with E-state index in [-0.39, 0.29) is 0 Å². The van der Waals surface area contributed by atoms with Crippen molar-refractivity contribution in [3.05, 3.63) is 12.7 Å². The van der Waals surface area contributed by atoms with Crippen LogP contribution in [0.2, 0.25) is 0 Å². The SMILES string of the molecule is C=CCCC[P+](Br)(C1CCCCC1)C1CCCCC1. The van der Waals surface area contributed by atoms with Gasteiger partial charge in [0.05, 0.1) is 23.4 Å². The molecule has 2 rings (SSSR count). The van der Waals surface area contributed by atoms with Crippen molar-refractivity contribution in [3.8, 4) is 0 Å². The number of halogens is 1. The molecule has 0 heterocycles. The first-order valence-corrected chi connectivity index (χ1v) is 12.6. The van der Waals surface area contributed by atoms with Gasteiger partial charge in [-0.15, -0.1) is 6.58 Å². The number of allylic oxidation sites excluding steroid dienone is 1. The van der Waals surface area contributed by atoms with Crippen molar-refractivity contribution >= 4 is 21.5 Å². The summed E-state index contributed by atoms with van der Waals surface area (Å²) in [6.07, 6.45) is 21.2. The Labute approximate surface area is 128 Å². The Kier molecular flexibility index (Phi) is 6.90. The van der Waals surface area contributed by atoms with Crippen LogP contribution in [-0.2, 0) is 0 Å². The Morgan fingerprint density at radius 2 is 1.37 bits per heavy atom. The highest BCUT2D eigenvalue weighted by atomic mass is 79.9. The van der Waals surface area contributed by atoms with Crippen LogP contribution in [0.5, 0.6) is 0 Å². The topological polar surface area (TPSA) is 0 Å². The lowest BCUT2D eigenvalue weighted by atomic mass is 9.99. The average Bonchev–Trinajstić information content (AvgIpc) is 2.49. The van der Waals surface area contributed by atoms with Gasteiger partial charge in [0, 0.05) is 0 Å². The molecular weight excluding hydrogens is 315 g/mol. The first-order valence-electron chi connectivity index (χ1n) is 8.45. The van der Waals surface area contributed by atoms with Crippen LogP contribution in [0.3, 0.4) is 0 Å². The second-order valence-electron chi connectivity index (χ2n) is 6.57. The van der Waals surface area contributed by atoms with Gasteiger partial charge < -0.3 is 0 Å². The molecule has 0 saturated heterocycles. The van der Waals surface area contributed by atoms with Gasteiger partial charge in [-0.25, -0.2) is 0 Å². The standard InChI is InChI=1S/C17H31BrP/c1-2-3-10-15-19(18,16-11-6-4-7-12-16)17-13-8-5-9-14-17/h2,16-17H,1,3-15H2/q+1. The molecule has 0 radical (unpaired) electrons. The number of hydrogen-bond donors (Lipinski definition) is 0. The molecule has 0 N–H and O–H groups in total. The van der Waals surface area contributed by atoms with Gasteiger partial charge in [-0.05, 0) is 64.2 Å². The zero-order valence-corrected chi connectivity index (χ0v) is 14.9. The Hall–Kier alpha value is 0.650. The van der Waals surface area contributed by atoms with Gasteiger partial charge in [-0.1, -0.05) is 18.9 Å². The van der Waals surface area contributed by atoms with Crippen molar-refractivity contribution < 1.29 is 0 Å². The minimum absolute atomic E-state index is 0.885. The summed E-state index contributed by atoms with van der Waals surface area (Å²) in [7, 11) is 0. The summed E-state index contributed by atoms with van der Waals surface area (Å²) in [6, 6.07) is 0. The maximum atomic E-state index is 4.42. The number of unbranched alkanes of at least 4 members (excludes halogenated alkanes) is 1. The third-order valence-electron chi connectivity index (χ3n) is 5.27. The van der Waals surface area contributed by atoms with E-state index in [1.807, 2.05) is 0 Å². The third-order valence-corrected chi connectivity index (χ3v) is 14.3. The molecule has 2 aliphatic rings. The average molecular weight is 346 g/mol. The van der Waals surface area contributed by atoms with Gasteiger partial charge in [-0.2, -0.15) is 0 Å². The molecule has 2 heteroatoms. The molecule has 0 amide bonds. The lowest BCUT2D eigenvalue weighted by molar-refractivity contribution is 0.482. The molecule has 2 fully saturated rings. The highest BCUT2D eigenvalue weighted by molar-refractivity contribution is 9.42. The van der Waals surface area contributed by atoms with Gasteiger partial charge in [0.2, 0.25) is 0 Å². The highest BCUT2D eigenvalue weighted by Crippen LogP contribution is 2.78. The largest absolute Gasteiger partial charge is 0.139 e. The Balaban J connectivity index is 2.02. The van der Waals surface area contributed by atoms with E-state index in [1.165, 1.54) is 83.2 Å². The van der Waals surface area contributed by atoms with E-state index in [9.17, 15) is 0 Å². The van der Waals surface area contributed by atoms with Crippen molar-refractivity contribution in [1.82, 2.24) is 0 Å². The van der Waals surface area contributed by atoms with E-state index in [0.29, 0.717) is 0 Å². The lowest BCUT2D eigenvalue weighted by Crippen LogP contribution is -2.26. The zero-order valence-electron chi connectivity index (χ0n) is 12.5. The Morgan fingerprint density at radius 1 is 0.895 bits per heavy atom. The van der Waals surface area contributed by atoms with E-state index < -0.39 is 5.96 Å². The van der Waals surface area contributed by atoms with Gasteiger partial charge in [0.15, 0.2) is 0 Å². The van der Waals surface area contributed by atoms with Crippen LogP contribution < -0.4 is 0 Å². The van der Waals surface area contributed by atoms with Crippen molar-refractivity contribution in [2.45, 2.75) is 88.4 Å². The smallest absolute Gasteiger partial charge is 0.103 e. The summed E-state index contributed by atoms with van der Waals surface area (Å²) < 4.78 is 0. The van der Waals surface area contributed by atoms with Crippen LogP contribution >= 0.6 is 21.5 Å². The van der Waals surface area contributed by atoms with Gasteiger partial charge in [0.1, 0.15) is 15.5 Å². The molecule has 0 unspecified atom stereocenters. The van der Waals surface area contributed by atoms with Crippen LogP contribution in [0.25, 0.3) is 0 Å². The molecule has 2 saturated carbocycles. The summed E-state index contributed by atoms with van der Waals surface area (Å²) >= 11 is 4.42. The van der Waals surface area contributed by atoms with E-state index in [0.717, 1.165) is 11.3 Å². The number of hydrogen-bond acceptors (Lipinski definition) is 0. The minimum atomic E-state index is -0.885. The molecule has 110 valence electrons. The fourth-order valence-electron chi connectivity index (χ4n) is 4.16. The molecule has 0 spiro atoms. The summed E-state index contributed by atoms with van der Waals surface area (Å²) in [5.74, 6) is -0.885. The normalized spacial score (nSPS) is 23.4. The van der Waals surface area contributed by atoms with Gasteiger partial charge >= 0.3 is 0 Å². The second-order valence-corrected chi connectivity index (χ2v) is 14.1. The predicted molar refractivity (Wildman–Crippen MR) is 93.9 cm³/mol. The van der Waals surface area contributed by atoms with Crippen LogP contribution in [0.15, 0.2) is 12.7 Å². The van der Waals surface area contributed by atoms with Crippen LogP contribution in [0.1, 0.15) is 77.0 Å². The first-order chi connectivity index (χ1) is 9.27. The summed E-state index contributed by atoms with van der Waals surface area (Å²) in [4.78, 5) is 0. The van der Waals surface area contributed by atoms with Crippen molar-refractivity contribution in [2.75, 3.05) is 6.16 Å². The highest BCUT2D eigenvalue weighted by Gasteiger charge is 2.50. The molecule has 0 nitrogen and oxygen atoms in total. The third kappa shape index (κ3) is 4.31. The molecule has 2 aliphatic carbocycles. The van der Waals surface area contributed by atoms with Crippen molar-refractivity contribution in [1.29, 1.82) is 0 Å². The monoisotopic (exact) mass is 345 g/mol. The summed E-state index contributed by atoms with van der Waals surface area (Å²) in [5.41, 5.74) is 2.10. The quantitative estimate of drug-likeness (QED) is 0.277. The fourth-order valence-corrected chi connectivity index (χ4v) is 11.8. The lowest BCUT2D eigenvalue weighted by Gasteiger charge is -2.38. The van der Waals surface area contributed by atoms with Gasteiger partial charge in [-0.3, -0.25) is 0 Å². The molecule has 0 atom stereocenters. The Morgan fingerprint density at radius 3 is 1.79 bits per heavy atom. The Bertz CT molecular complexity index is 246. The summed E-state index contributed by atoms with van der Waals surface area (Å²) in [5, 5.41) is 0. The molecule has 19 heavy (non-hydrogen) atoms. The van der Waals surface area contributed by atoms with E-state index >= 15 is 0 Å². The molecule has 0 aromatic rings. The van der Waals surface area contributed by atoms with Gasteiger partial charge in [0.25, 0.3) is 0 Å². The van der Waals surface area contributed by atoms with E-state index in [1.54, 1.807) is 0 Å². The van der Waals surface area contributed by atoms with Crippen LogP contribution in [0, 0.1) is 0 Å². The zero-order chi connectivity index (χ0) is 13.6. The second kappa shape index (κ2) is 8.18. The predicted octanol–water partition coefficient (Wildman–Crippen LogP) is 6.95. The maximum absolute atomic E-state index is 4.42. The van der Waals surface area contributed by atoms with Crippen molar-refractivity contribution in [3.63, 3.8) is 0 Å². The molecular formula is C17H31BrP+. The van der Waals surface area contributed by atoms with E-state index in [4.69, 9.17) is 0 Å². The molecule has 0 aromatic heterocycles. The minimum Gasteiger partial charge on any atom is -0.103 e. The fraction of sp³-hybridized carbons (Fsp3) is 0.882. The first kappa shape index (κ1) is 16.0. The van der Waals surface area contributed by atoms with Crippen LogP contribution in [-0.4, -0.2) is 17.5 Å². The van der Waals surface area contributed by atoms with Crippen LogP contribution in [0.4, 0.5) is 0 Å². The number of rotatable bonds is 6. The molecule has 0 aliphatic heterocycles.